The number of hydrogen-bond donors (Lipinski definition) is 4. The fraction of sp³-hybridized carbons (Fsp3) is 0.350. The Morgan fingerprint density at radius 1 is 1.40 bits per heavy atom. The predicted molar refractivity (Wildman–Crippen MR) is 117 cm³/mol. The number of nitrogens with two attached hydrogens (primary N) is 1. The van der Waals surface area contributed by atoms with Gasteiger partial charge in [0.2, 0.25) is 0 Å². The minimum absolute atomic E-state index is 0.00748. The highest BCUT2D eigenvalue weighted by atomic mass is 32.3. The monoisotopic (exact) mass is 431 g/mol. The molecule has 1 aromatic carbocycles. The number of piperidine rings is 1. The van der Waals surface area contributed by atoms with Crippen molar-refractivity contribution in [2.75, 3.05) is 24.4 Å². The van der Waals surface area contributed by atoms with E-state index in [2.05, 4.69) is 14.1 Å². The number of aromatic nitrogens is 1. The normalized spacial score (nSPS) is 21.1. The van der Waals surface area contributed by atoms with E-state index in [-0.39, 0.29) is 17.7 Å². The minimum atomic E-state index is -3.34. The van der Waals surface area contributed by atoms with Gasteiger partial charge in [-0.2, -0.15) is 0 Å². The third-order valence-corrected chi connectivity index (χ3v) is 6.12. The fourth-order valence-electron chi connectivity index (χ4n) is 3.81. The first-order valence-electron chi connectivity index (χ1n) is 9.72. The third kappa shape index (κ3) is 4.35. The molecule has 2 aromatic rings. The van der Waals surface area contributed by atoms with Crippen LogP contribution in [0.4, 0.5) is 5.69 Å². The number of anilines is 1. The Balaban J connectivity index is 1.43. The van der Waals surface area contributed by atoms with Gasteiger partial charge in [-0.25, -0.2) is 0 Å². The quantitative estimate of drug-likeness (QED) is 0.585. The molecule has 0 bridgehead atoms. The summed E-state index contributed by atoms with van der Waals surface area (Å²) in [6.45, 7) is 3.61. The minimum Gasteiger partial charge on any atom is -0.492 e. The number of aryl methyl sites for hydroxylation is 1. The standard InChI is InChI=1S/C20H25N5O4S/c1-13-10-15(7-8-22-13)20(26)25-9-3-4-14(11-25)12-29-17-6-2-5-16-18(17)19(21)24-30(27,28)23-16/h2,5-8,10,14,23,27-28H,3-4,9,11-12H2,1H3,(H2,21,24). The Hall–Kier alpha value is -2.82. The Morgan fingerprint density at radius 3 is 3.03 bits per heavy atom. The molecule has 0 aliphatic carbocycles. The first-order chi connectivity index (χ1) is 14.3. The second-order valence-corrected chi connectivity index (χ2v) is 8.96. The molecule has 4 rings (SSSR count). The van der Waals surface area contributed by atoms with Crippen LogP contribution in [0.2, 0.25) is 0 Å². The van der Waals surface area contributed by atoms with Crippen LogP contribution >= 0.6 is 11.0 Å². The number of carbonyl (C=O) groups is 1. The van der Waals surface area contributed by atoms with Crippen molar-refractivity contribution in [3.8, 4) is 5.75 Å². The maximum atomic E-state index is 12.8. The van der Waals surface area contributed by atoms with E-state index in [1.54, 1.807) is 36.5 Å². The summed E-state index contributed by atoms with van der Waals surface area (Å²) in [5, 5.41) is 0. The zero-order valence-electron chi connectivity index (χ0n) is 16.6. The highest BCUT2D eigenvalue weighted by Crippen LogP contribution is 2.46. The lowest BCUT2D eigenvalue weighted by Gasteiger charge is -2.34. The molecule has 1 saturated heterocycles. The number of rotatable bonds is 4. The van der Waals surface area contributed by atoms with Crippen LogP contribution in [0.1, 0.15) is 34.5 Å². The number of ether oxygens (including phenoxy) is 1. The molecule has 1 fully saturated rings. The largest absolute Gasteiger partial charge is 0.492 e. The summed E-state index contributed by atoms with van der Waals surface area (Å²) in [5.74, 6) is 0.724. The number of pyridine rings is 1. The molecule has 1 aromatic heterocycles. The Labute approximate surface area is 176 Å². The summed E-state index contributed by atoms with van der Waals surface area (Å²) >= 11 is 0. The Bertz CT molecular complexity index is 997. The highest BCUT2D eigenvalue weighted by molar-refractivity contribution is 8.24. The number of nitrogens with one attached hydrogen (secondary N) is 1. The number of amides is 1. The number of hydrogen-bond acceptors (Lipinski definition) is 8. The molecule has 1 atom stereocenters. The molecule has 30 heavy (non-hydrogen) atoms. The molecule has 2 aliphatic rings. The summed E-state index contributed by atoms with van der Waals surface area (Å²) in [6.07, 6.45) is 3.51. The van der Waals surface area contributed by atoms with Crippen molar-refractivity contribution in [2.45, 2.75) is 19.8 Å². The van der Waals surface area contributed by atoms with E-state index >= 15 is 0 Å². The number of amidine groups is 1. The fourth-order valence-corrected chi connectivity index (χ4v) is 4.68. The number of likely N-dealkylation sites (tertiary alicyclic amines) is 1. The van der Waals surface area contributed by atoms with Gasteiger partial charge in [0.05, 0.1) is 17.9 Å². The molecule has 160 valence electrons. The first kappa shape index (κ1) is 20.5. The lowest BCUT2D eigenvalue weighted by Crippen LogP contribution is -2.41. The molecule has 1 unspecified atom stereocenters. The van der Waals surface area contributed by atoms with Crippen LogP contribution in [0.25, 0.3) is 0 Å². The zero-order chi connectivity index (χ0) is 21.3. The van der Waals surface area contributed by atoms with Gasteiger partial charge in [0.15, 0.2) is 5.84 Å². The summed E-state index contributed by atoms with van der Waals surface area (Å²) in [7, 11) is -3.34. The van der Waals surface area contributed by atoms with Crippen LogP contribution in [-0.4, -0.2) is 50.4 Å². The van der Waals surface area contributed by atoms with E-state index in [9.17, 15) is 13.9 Å². The summed E-state index contributed by atoms with van der Waals surface area (Å²) in [4.78, 5) is 18.8. The van der Waals surface area contributed by atoms with Gasteiger partial charge < -0.3 is 15.4 Å². The van der Waals surface area contributed by atoms with Crippen LogP contribution in [0.15, 0.2) is 40.9 Å². The maximum Gasteiger partial charge on any atom is 0.253 e. The van der Waals surface area contributed by atoms with Crippen molar-refractivity contribution in [3.63, 3.8) is 0 Å². The van der Waals surface area contributed by atoms with Crippen molar-refractivity contribution in [3.05, 3.63) is 53.3 Å². The van der Waals surface area contributed by atoms with Gasteiger partial charge in [0.25, 0.3) is 5.91 Å². The number of fused-ring (bicyclic) bond motifs is 1. The first-order valence-corrected chi connectivity index (χ1v) is 11.2. The SMILES string of the molecule is Cc1cc(C(=O)N2CCCC(COc3cccc4c3C(N)=NS(O)(O)N4)C2)ccn1. The van der Waals surface area contributed by atoms with Crippen molar-refractivity contribution < 1.29 is 18.6 Å². The second kappa shape index (κ2) is 8.13. The van der Waals surface area contributed by atoms with Gasteiger partial charge in [-0.05, 0) is 55.0 Å². The van der Waals surface area contributed by atoms with E-state index in [0.717, 1.165) is 25.1 Å². The second-order valence-electron chi connectivity index (χ2n) is 7.53. The highest BCUT2D eigenvalue weighted by Gasteiger charge is 2.28. The van der Waals surface area contributed by atoms with Gasteiger partial charge in [0.1, 0.15) is 5.75 Å². The van der Waals surface area contributed by atoms with E-state index in [4.69, 9.17) is 10.5 Å². The molecule has 0 radical (unpaired) electrons. The Morgan fingerprint density at radius 2 is 2.23 bits per heavy atom. The molecule has 5 N–H and O–H groups in total. The third-order valence-electron chi connectivity index (χ3n) is 5.18. The van der Waals surface area contributed by atoms with Crippen molar-refractivity contribution >= 4 is 28.4 Å². The van der Waals surface area contributed by atoms with Gasteiger partial charge >= 0.3 is 0 Å². The van der Waals surface area contributed by atoms with Crippen molar-refractivity contribution in [2.24, 2.45) is 16.0 Å². The van der Waals surface area contributed by atoms with Crippen LogP contribution in [0, 0.1) is 12.8 Å². The molecular formula is C20H25N5O4S. The number of benzene rings is 1. The molecule has 3 heterocycles. The molecular weight excluding hydrogens is 406 g/mol. The van der Waals surface area contributed by atoms with Crippen LogP contribution in [0.5, 0.6) is 5.75 Å². The molecule has 9 nitrogen and oxygen atoms in total. The summed E-state index contributed by atoms with van der Waals surface area (Å²) < 4.78 is 31.9. The van der Waals surface area contributed by atoms with E-state index in [1.165, 1.54) is 0 Å². The average Bonchev–Trinajstić information content (AvgIpc) is 2.70. The lowest BCUT2D eigenvalue weighted by atomic mass is 9.98. The molecule has 10 heteroatoms. The van der Waals surface area contributed by atoms with Gasteiger partial charge in [-0.15, -0.1) is 4.40 Å². The number of carbonyl (C=O) groups excluding carboxylic acids is 1. The van der Waals surface area contributed by atoms with Gasteiger partial charge in [-0.3, -0.25) is 23.6 Å². The average molecular weight is 432 g/mol. The molecule has 0 saturated carbocycles. The van der Waals surface area contributed by atoms with E-state index in [1.807, 2.05) is 11.8 Å². The maximum absolute atomic E-state index is 12.8. The van der Waals surface area contributed by atoms with Crippen LogP contribution < -0.4 is 15.2 Å². The molecule has 1 amide bonds. The molecule has 0 spiro atoms. The van der Waals surface area contributed by atoms with Crippen LogP contribution in [0.3, 0.4) is 0 Å². The van der Waals surface area contributed by atoms with Crippen molar-refractivity contribution in [1.29, 1.82) is 0 Å². The predicted octanol–water partition coefficient (Wildman–Crippen LogP) is 3.03. The topological polar surface area (TPSA) is 133 Å². The van der Waals surface area contributed by atoms with Crippen molar-refractivity contribution in [1.82, 2.24) is 9.88 Å². The van der Waals surface area contributed by atoms with Gasteiger partial charge in [0, 0.05) is 36.5 Å². The van der Waals surface area contributed by atoms with Gasteiger partial charge in [-0.1, -0.05) is 6.07 Å². The summed E-state index contributed by atoms with van der Waals surface area (Å²) in [5.41, 5.74) is 8.39. The smallest absolute Gasteiger partial charge is 0.253 e. The van der Waals surface area contributed by atoms with Crippen LogP contribution in [-0.2, 0) is 0 Å². The molecule has 2 aliphatic heterocycles. The van der Waals surface area contributed by atoms with E-state index in [0.29, 0.717) is 35.7 Å². The lowest BCUT2D eigenvalue weighted by molar-refractivity contribution is 0.0633. The van der Waals surface area contributed by atoms with E-state index < -0.39 is 11.0 Å². The zero-order valence-corrected chi connectivity index (χ0v) is 17.4. The number of nitrogens with zero attached hydrogens (tertiary/aromatic N) is 3. The Kier molecular flexibility index (Phi) is 5.54. The summed E-state index contributed by atoms with van der Waals surface area (Å²) in [6, 6.07) is 8.75.